The quantitative estimate of drug-likeness (QED) is 0.619. The van der Waals surface area contributed by atoms with Crippen LogP contribution in [-0.4, -0.2) is 52.2 Å². The molecule has 0 atom stereocenters. The lowest BCUT2D eigenvalue weighted by Gasteiger charge is -2.20. The molecule has 0 saturated carbocycles. The predicted molar refractivity (Wildman–Crippen MR) is 99.1 cm³/mol. The van der Waals surface area contributed by atoms with Gasteiger partial charge in [0.25, 0.3) is 0 Å². The first kappa shape index (κ1) is 21.5. The number of anilines is 1. The number of nitrogens with zero attached hydrogens (tertiary/aromatic N) is 1. The summed E-state index contributed by atoms with van der Waals surface area (Å²) in [5.41, 5.74) is 0.357. The normalized spacial score (nSPS) is 11.4. The highest BCUT2D eigenvalue weighted by molar-refractivity contribution is 7.88. The van der Waals surface area contributed by atoms with Crippen molar-refractivity contribution in [3.63, 3.8) is 0 Å². The number of ether oxygens (including phenoxy) is 2. The molecule has 142 valence electrons. The molecule has 1 amide bonds. The molecule has 0 heterocycles. The number of carbonyl (C=O) groups is 1. The maximum atomic E-state index is 12.3. The topological polar surface area (TPSA) is 84.9 Å². The first-order valence-electron chi connectivity index (χ1n) is 7.89. The third-order valence-corrected chi connectivity index (χ3v) is 5.09. The van der Waals surface area contributed by atoms with Crippen molar-refractivity contribution >= 4 is 33.2 Å². The van der Waals surface area contributed by atoms with Gasteiger partial charge in [0, 0.05) is 18.7 Å². The van der Waals surface area contributed by atoms with E-state index in [1.165, 1.54) is 26.4 Å². The molecule has 0 aromatic heterocycles. The van der Waals surface area contributed by atoms with Crippen LogP contribution >= 0.6 is 11.6 Å². The molecule has 0 aliphatic heterocycles. The number of benzene rings is 1. The van der Waals surface area contributed by atoms with Gasteiger partial charge in [-0.25, -0.2) is 8.42 Å². The summed E-state index contributed by atoms with van der Waals surface area (Å²) in [7, 11) is -0.570. The van der Waals surface area contributed by atoms with Crippen LogP contribution in [0.2, 0.25) is 5.02 Å². The SMILES string of the molecule is CCCCCN(CC(=O)Nc1cc(OC)c(Cl)cc1OC)S(C)(=O)=O. The smallest absolute Gasteiger partial charge is 0.239 e. The number of unbranched alkanes of at least 4 members (excludes halogenated alkanes) is 2. The molecular weight excluding hydrogens is 368 g/mol. The summed E-state index contributed by atoms with van der Waals surface area (Å²) >= 11 is 6.03. The summed E-state index contributed by atoms with van der Waals surface area (Å²) in [5.74, 6) is 0.265. The van der Waals surface area contributed by atoms with Crippen LogP contribution in [0.25, 0.3) is 0 Å². The molecule has 1 aromatic carbocycles. The van der Waals surface area contributed by atoms with E-state index >= 15 is 0 Å². The third-order valence-electron chi connectivity index (χ3n) is 3.55. The molecule has 0 saturated heterocycles. The van der Waals surface area contributed by atoms with Crippen LogP contribution in [0.15, 0.2) is 12.1 Å². The first-order valence-corrected chi connectivity index (χ1v) is 10.1. The molecule has 0 bridgehead atoms. The zero-order valence-electron chi connectivity index (χ0n) is 15.0. The van der Waals surface area contributed by atoms with Gasteiger partial charge in [-0.05, 0) is 6.42 Å². The van der Waals surface area contributed by atoms with E-state index in [9.17, 15) is 13.2 Å². The number of rotatable bonds is 10. The van der Waals surface area contributed by atoms with E-state index in [2.05, 4.69) is 5.32 Å². The number of halogens is 1. The van der Waals surface area contributed by atoms with Crippen molar-refractivity contribution < 1.29 is 22.7 Å². The average molecular weight is 393 g/mol. The molecule has 0 radical (unpaired) electrons. The molecule has 1 rings (SSSR count). The lowest BCUT2D eigenvalue weighted by Crippen LogP contribution is -2.38. The van der Waals surface area contributed by atoms with Crippen LogP contribution < -0.4 is 14.8 Å². The average Bonchev–Trinajstić information content (AvgIpc) is 2.54. The Morgan fingerprint density at radius 3 is 2.36 bits per heavy atom. The van der Waals surface area contributed by atoms with Gasteiger partial charge in [0.05, 0.1) is 37.7 Å². The van der Waals surface area contributed by atoms with Crippen LogP contribution in [-0.2, 0) is 14.8 Å². The second-order valence-corrected chi connectivity index (χ2v) is 7.93. The number of nitrogens with one attached hydrogen (secondary N) is 1. The van der Waals surface area contributed by atoms with Crippen LogP contribution in [0.4, 0.5) is 5.69 Å². The minimum atomic E-state index is -3.47. The fraction of sp³-hybridized carbons (Fsp3) is 0.562. The summed E-state index contributed by atoms with van der Waals surface area (Å²) in [6.45, 7) is 2.06. The fourth-order valence-corrected chi connectivity index (χ4v) is 3.25. The highest BCUT2D eigenvalue weighted by Crippen LogP contribution is 2.35. The molecule has 9 heteroatoms. The number of sulfonamides is 1. The minimum absolute atomic E-state index is 0.267. The van der Waals surface area contributed by atoms with E-state index in [1.54, 1.807) is 0 Å². The van der Waals surface area contributed by atoms with E-state index in [4.69, 9.17) is 21.1 Å². The molecule has 0 spiro atoms. The summed E-state index contributed by atoms with van der Waals surface area (Å²) in [4.78, 5) is 12.3. The van der Waals surface area contributed by atoms with Crippen molar-refractivity contribution in [1.82, 2.24) is 4.31 Å². The van der Waals surface area contributed by atoms with Crippen molar-refractivity contribution in [2.24, 2.45) is 0 Å². The lowest BCUT2D eigenvalue weighted by atomic mass is 10.2. The molecule has 0 aliphatic rings. The summed E-state index contributed by atoms with van der Waals surface area (Å²) in [5, 5.41) is 2.99. The number of amides is 1. The number of carbonyl (C=O) groups excluding carboxylic acids is 1. The maximum absolute atomic E-state index is 12.3. The Balaban J connectivity index is 2.89. The van der Waals surface area contributed by atoms with Crippen LogP contribution in [0.3, 0.4) is 0 Å². The van der Waals surface area contributed by atoms with Gasteiger partial charge in [0.1, 0.15) is 11.5 Å². The lowest BCUT2D eigenvalue weighted by molar-refractivity contribution is -0.116. The van der Waals surface area contributed by atoms with E-state index < -0.39 is 15.9 Å². The van der Waals surface area contributed by atoms with Crippen molar-refractivity contribution in [3.8, 4) is 11.5 Å². The third kappa shape index (κ3) is 6.72. The molecule has 1 N–H and O–H groups in total. The Labute approximate surface area is 154 Å². The Morgan fingerprint density at radius 1 is 1.20 bits per heavy atom. The molecular formula is C16H25ClN2O5S. The molecule has 25 heavy (non-hydrogen) atoms. The second-order valence-electron chi connectivity index (χ2n) is 5.54. The summed E-state index contributed by atoms with van der Waals surface area (Å²) in [6, 6.07) is 3.05. The van der Waals surface area contributed by atoms with Crippen LogP contribution in [0.5, 0.6) is 11.5 Å². The Bertz CT molecular complexity index is 694. The van der Waals surface area contributed by atoms with Gasteiger partial charge in [-0.3, -0.25) is 4.79 Å². The monoisotopic (exact) mass is 392 g/mol. The standard InChI is InChI=1S/C16H25ClN2O5S/c1-5-6-7-8-19(25(4,21)22)11-16(20)18-13-10-14(23-2)12(17)9-15(13)24-3/h9-10H,5-8,11H2,1-4H3,(H,18,20). The summed E-state index contributed by atoms with van der Waals surface area (Å²) in [6.07, 6.45) is 3.66. The first-order chi connectivity index (χ1) is 11.7. The molecule has 0 unspecified atom stereocenters. The van der Waals surface area contributed by atoms with Gasteiger partial charge in [-0.15, -0.1) is 0 Å². The number of hydrogen-bond acceptors (Lipinski definition) is 5. The van der Waals surface area contributed by atoms with Crippen LogP contribution in [0, 0.1) is 0 Å². The number of methoxy groups -OCH3 is 2. The fourth-order valence-electron chi connectivity index (χ4n) is 2.21. The van der Waals surface area contributed by atoms with Gasteiger partial charge in [-0.1, -0.05) is 31.4 Å². The van der Waals surface area contributed by atoms with E-state index in [0.717, 1.165) is 23.4 Å². The highest BCUT2D eigenvalue weighted by Gasteiger charge is 2.21. The molecule has 7 nitrogen and oxygen atoms in total. The van der Waals surface area contributed by atoms with Crippen molar-refractivity contribution in [3.05, 3.63) is 17.2 Å². The predicted octanol–water partition coefficient (Wildman–Crippen LogP) is 2.75. The van der Waals surface area contributed by atoms with Crippen molar-refractivity contribution in [1.29, 1.82) is 0 Å². The second kappa shape index (κ2) is 9.84. The number of hydrogen-bond donors (Lipinski definition) is 1. The Hall–Kier alpha value is -1.51. The van der Waals surface area contributed by atoms with E-state index in [-0.39, 0.29) is 6.54 Å². The molecule has 0 fully saturated rings. The highest BCUT2D eigenvalue weighted by atomic mass is 35.5. The Morgan fingerprint density at radius 2 is 1.84 bits per heavy atom. The Kier molecular flexibility index (Phi) is 8.47. The van der Waals surface area contributed by atoms with Gasteiger partial charge >= 0.3 is 0 Å². The van der Waals surface area contributed by atoms with Gasteiger partial charge in [0.2, 0.25) is 15.9 Å². The minimum Gasteiger partial charge on any atom is -0.495 e. The largest absolute Gasteiger partial charge is 0.495 e. The zero-order chi connectivity index (χ0) is 19.0. The van der Waals surface area contributed by atoms with Gasteiger partial charge in [-0.2, -0.15) is 4.31 Å². The van der Waals surface area contributed by atoms with Crippen molar-refractivity contribution in [2.45, 2.75) is 26.2 Å². The molecule has 1 aromatic rings. The van der Waals surface area contributed by atoms with E-state index in [0.29, 0.717) is 35.2 Å². The summed E-state index contributed by atoms with van der Waals surface area (Å²) < 4.78 is 35.2. The van der Waals surface area contributed by atoms with E-state index in [1.807, 2.05) is 6.92 Å². The van der Waals surface area contributed by atoms with Crippen LogP contribution in [0.1, 0.15) is 26.2 Å². The van der Waals surface area contributed by atoms with Gasteiger partial charge < -0.3 is 14.8 Å². The van der Waals surface area contributed by atoms with Crippen molar-refractivity contribution in [2.75, 3.05) is 38.9 Å². The zero-order valence-corrected chi connectivity index (χ0v) is 16.5. The molecule has 0 aliphatic carbocycles. The van der Waals surface area contributed by atoms with Gasteiger partial charge in [0.15, 0.2) is 0 Å². The maximum Gasteiger partial charge on any atom is 0.239 e.